The SMILES string of the molecule is CC(C)CN=C(NN)NCCS(N)(=O)=O. The van der Waals surface area contributed by atoms with Crippen LogP contribution in [0.4, 0.5) is 0 Å². The Morgan fingerprint density at radius 2 is 2.07 bits per heavy atom. The maximum Gasteiger partial charge on any atom is 0.210 e. The summed E-state index contributed by atoms with van der Waals surface area (Å²) in [5, 5.41) is 7.56. The van der Waals surface area contributed by atoms with Gasteiger partial charge in [0.1, 0.15) is 0 Å². The summed E-state index contributed by atoms with van der Waals surface area (Å²) in [6, 6.07) is 0. The molecule has 0 atom stereocenters. The zero-order valence-corrected chi connectivity index (χ0v) is 9.84. The summed E-state index contributed by atoms with van der Waals surface area (Å²) in [5.41, 5.74) is 2.35. The van der Waals surface area contributed by atoms with E-state index in [1.807, 2.05) is 13.8 Å². The van der Waals surface area contributed by atoms with Crippen molar-refractivity contribution in [2.75, 3.05) is 18.8 Å². The lowest BCUT2D eigenvalue weighted by atomic mass is 10.2. The number of primary sulfonamides is 1. The minimum atomic E-state index is -3.45. The minimum absolute atomic E-state index is 0.157. The monoisotopic (exact) mass is 237 g/mol. The summed E-state index contributed by atoms with van der Waals surface area (Å²) < 4.78 is 21.2. The molecule has 6 N–H and O–H groups in total. The van der Waals surface area contributed by atoms with Gasteiger partial charge in [-0.1, -0.05) is 13.8 Å². The third-order valence-corrected chi connectivity index (χ3v) is 2.20. The van der Waals surface area contributed by atoms with Crippen molar-refractivity contribution in [2.24, 2.45) is 21.9 Å². The highest BCUT2D eigenvalue weighted by Gasteiger charge is 2.03. The van der Waals surface area contributed by atoms with Crippen LogP contribution in [0, 0.1) is 5.92 Å². The number of sulfonamides is 1. The highest BCUT2D eigenvalue weighted by Crippen LogP contribution is 1.90. The molecule has 0 radical (unpaired) electrons. The molecule has 0 saturated heterocycles. The third-order valence-electron chi connectivity index (χ3n) is 1.43. The second-order valence-electron chi connectivity index (χ2n) is 3.52. The van der Waals surface area contributed by atoms with E-state index in [9.17, 15) is 8.42 Å². The average molecular weight is 237 g/mol. The molecule has 0 aromatic carbocycles. The highest BCUT2D eigenvalue weighted by molar-refractivity contribution is 7.89. The van der Waals surface area contributed by atoms with Crippen molar-refractivity contribution < 1.29 is 8.42 Å². The van der Waals surface area contributed by atoms with Crippen LogP contribution in [-0.2, 0) is 10.0 Å². The molecule has 0 saturated carbocycles. The van der Waals surface area contributed by atoms with Crippen molar-refractivity contribution in [1.29, 1.82) is 0 Å². The van der Waals surface area contributed by atoms with Crippen LogP contribution in [0.25, 0.3) is 0 Å². The van der Waals surface area contributed by atoms with E-state index in [1.54, 1.807) is 0 Å². The van der Waals surface area contributed by atoms with Gasteiger partial charge in [-0.2, -0.15) is 0 Å². The van der Waals surface area contributed by atoms with Gasteiger partial charge in [-0.15, -0.1) is 0 Å². The highest BCUT2D eigenvalue weighted by atomic mass is 32.2. The Labute approximate surface area is 90.3 Å². The molecule has 0 rings (SSSR count). The van der Waals surface area contributed by atoms with Crippen molar-refractivity contribution in [3.63, 3.8) is 0 Å². The number of nitrogens with one attached hydrogen (secondary N) is 2. The molecule has 0 aliphatic heterocycles. The van der Waals surface area contributed by atoms with Crippen LogP contribution in [0.5, 0.6) is 0 Å². The van der Waals surface area contributed by atoms with E-state index >= 15 is 0 Å². The fourth-order valence-electron chi connectivity index (χ4n) is 0.738. The zero-order valence-electron chi connectivity index (χ0n) is 9.03. The van der Waals surface area contributed by atoms with Crippen molar-refractivity contribution in [3.05, 3.63) is 0 Å². The average Bonchev–Trinajstić information content (AvgIpc) is 2.08. The first-order valence-electron chi connectivity index (χ1n) is 4.60. The molecule has 0 aromatic rings. The number of hydrogen-bond acceptors (Lipinski definition) is 4. The standard InChI is InChI=1S/C7H19N5O2S/c1-6(2)5-11-7(12-8)10-3-4-15(9,13)14/h6H,3-5,8H2,1-2H3,(H2,9,13,14)(H2,10,11,12). The first kappa shape index (κ1) is 14.1. The van der Waals surface area contributed by atoms with Gasteiger partial charge in [-0.05, 0) is 5.92 Å². The number of aliphatic imine (C=N–C) groups is 1. The number of nitrogens with two attached hydrogens (primary N) is 2. The molecule has 0 aliphatic carbocycles. The molecule has 0 unspecified atom stereocenters. The third kappa shape index (κ3) is 9.44. The first-order valence-corrected chi connectivity index (χ1v) is 6.32. The van der Waals surface area contributed by atoms with Crippen molar-refractivity contribution in [2.45, 2.75) is 13.8 Å². The normalized spacial score (nSPS) is 13.0. The van der Waals surface area contributed by atoms with Crippen molar-refractivity contribution in [1.82, 2.24) is 10.7 Å². The van der Waals surface area contributed by atoms with E-state index in [0.29, 0.717) is 18.4 Å². The Hall–Kier alpha value is -0.860. The largest absolute Gasteiger partial charge is 0.354 e. The maximum absolute atomic E-state index is 10.6. The Balaban J connectivity index is 3.96. The van der Waals surface area contributed by atoms with Crippen LogP contribution >= 0.6 is 0 Å². The van der Waals surface area contributed by atoms with E-state index in [-0.39, 0.29) is 12.3 Å². The molecule has 7 nitrogen and oxygen atoms in total. The summed E-state index contributed by atoms with van der Waals surface area (Å²) in [7, 11) is -3.45. The molecule has 0 amide bonds. The van der Waals surface area contributed by atoms with E-state index in [2.05, 4.69) is 15.7 Å². The molecule has 0 aromatic heterocycles. The molecule has 15 heavy (non-hydrogen) atoms. The summed E-state index contributed by atoms with van der Waals surface area (Å²) in [6.07, 6.45) is 0. The second kappa shape index (κ2) is 6.59. The lowest BCUT2D eigenvalue weighted by Gasteiger charge is -2.09. The lowest BCUT2D eigenvalue weighted by Crippen LogP contribution is -2.44. The van der Waals surface area contributed by atoms with Gasteiger partial charge in [0.2, 0.25) is 16.0 Å². The topological polar surface area (TPSA) is 123 Å². The molecule has 0 aliphatic rings. The lowest BCUT2D eigenvalue weighted by molar-refractivity contribution is 0.596. The van der Waals surface area contributed by atoms with Crippen LogP contribution in [0.1, 0.15) is 13.8 Å². The molecule has 0 heterocycles. The number of rotatable bonds is 5. The number of hydrazine groups is 1. The Morgan fingerprint density at radius 1 is 1.47 bits per heavy atom. The predicted molar refractivity (Wildman–Crippen MR) is 60.4 cm³/mol. The van der Waals surface area contributed by atoms with Gasteiger partial charge in [0.25, 0.3) is 0 Å². The van der Waals surface area contributed by atoms with E-state index in [1.165, 1.54) is 0 Å². The van der Waals surface area contributed by atoms with Crippen LogP contribution < -0.4 is 21.7 Å². The predicted octanol–water partition coefficient (Wildman–Crippen LogP) is -1.66. The van der Waals surface area contributed by atoms with Gasteiger partial charge in [0.15, 0.2) is 0 Å². The number of hydrogen-bond donors (Lipinski definition) is 4. The van der Waals surface area contributed by atoms with Gasteiger partial charge in [0.05, 0.1) is 5.75 Å². The zero-order chi connectivity index (χ0) is 11.9. The maximum atomic E-state index is 10.6. The minimum Gasteiger partial charge on any atom is -0.354 e. The fraction of sp³-hybridized carbons (Fsp3) is 0.857. The van der Waals surface area contributed by atoms with E-state index in [0.717, 1.165) is 0 Å². The quantitative estimate of drug-likeness (QED) is 0.197. The van der Waals surface area contributed by atoms with Gasteiger partial charge < -0.3 is 5.32 Å². The summed E-state index contributed by atoms with van der Waals surface area (Å²) in [5.74, 6) is 5.81. The molecular weight excluding hydrogens is 218 g/mol. The molecule has 8 heteroatoms. The summed E-state index contributed by atoms with van der Waals surface area (Å²) in [6.45, 7) is 4.83. The van der Waals surface area contributed by atoms with E-state index < -0.39 is 10.0 Å². The molecule has 0 spiro atoms. The number of guanidine groups is 1. The van der Waals surface area contributed by atoms with Gasteiger partial charge in [0, 0.05) is 13.1 Å². The molecule has 90 valence electrons. The second-order valence-corrected chi connectivity index (χ2v) is 5.26. The molecule has 0 fully saturated rings. The van der Waals surface area contributed by atoms with Gasteiger partial charge >= 0.3 is 0 Å². The Bertz CT molecular complexity index is 299. The van der Waals surface area contributed by atoms with Crippen molar-refractivity contribution in [3.8, 4) is 0 Å². The number of nitrogens with zero attached hydrogens (tertiary/aromatic N) is 1. The van der Waals surface area contributed by atoms with Crippen LogP contribution in [0.3, 0.4) is 0 Å². The van der Waals surface area contributed by atoms with Crippen LogP contribution in [0.15, 0.2) is 4.99 Å². The summed E-state index contributed by atoms with van der Waals surface area (Å²) >= 11 is 0. The fourth-order valence-corrected chi connectivity index (χ4v) is 1.12. The van der Waals surface area contributed by atoms with Crippen LogP contribution in [-0.4, -0.2) is 33.2 Å². The van der Waals surface area contributed by atoms with Crippen LogP contribution in [0.2, 0.25) is 0 Å². The molecule has 0 bridgehead atoms. The van der Waals surface area contributed by atoms with E-state index in [4.69, 9.17) is 11.0 Å². The Kier molecular flexibility index (Phi) is 6.21. The Morgan fingerprint density at radius 3 is 2.47 bits per heavy atom. The smallest absolute Gasteiger partial charge is 0.210 e. The summed E-state index contributed by atoms with van der Waals surface area (Å²) in [4.78, 5) is 4.10. The van der Waals surface area contributed by atoms with Crippen molar-refractivity contribution >= 4 is 16.0 Å². The van der Waals surface area contributed by atoms with Gasteiger partial charge in [-0.3, -0.25) is 10.4 Å². The molecular formula is C7H19N5O2S. The van der Waals surface area contributed by atoms with Gasteiger partial charge in [-0.25, -0.2) is 19.4 Å². The first-order chi connectivity index (χ1) is 6.85.